The van der Waals surface area contributed by atoms with Crippen molar-refractivity contribution in [2.75, 3.05) is 30.3 Å². The molecule has 0 spiro atoms. The highest BCUT2D eigenvalue weighted by Crippen LogP contribution is 2.31. The maximum absolute atomic E-state index is 13.7. The van der Waals surface area contributed by atoms with Gasteiger partial charge in [0.05, 0.1) is 16.7 Å². The molecule has 8 aromatic rings. The second-order valence-corrected chi connectivity index (χ2v) is 16.5. The van der Waals surface area contributed by atoms with Crippen LogP contribution in [0.5, 0.6) is 0 Å². The summed E-state index contributed by atoms with van der Waals surface area (Å²) in [7, 11) is 0. The third-order valence-corrected chi connectivity index (χ3v) is 12.2. The van der Waals surface area contributed by atoms with Crippen LogP contribution in [0.1, 0.15) is 76.6 Å². The summed E-state index contributed by atoms with van der Waals surface area (Å²) in [5, 5.41) is 6.92. The molecular weight excluding hydrogens is 821 g/mol. The lowest BCUT2D eigenvalue weighted by molar-refractivity contribution is 0.307. The summed E-state index contributed by atoms with van der Waals surface area (Å²) in [5.41, 5.74) is 6.24. The lowest BCUT2D eigenvalue weighted by Crippen LogP contribution is -2.25. The van der Waals surface area contributed by atoms with Crippen molar-refractivity contribution in [1.82, 2.24) is 53.9 Å². The molecular formula is C50H53F2N13. The summed E-state index contributed by atoms with van der Waals surface area (Å²) in [6.45, 7) is 11.1. The SMILES string of the molecule is C=Cc1ccc2c(n1)nc(-c1ccc(F)cc1)n2-c1ccnc(NC2CCCC2)n1.CCN(CC)CCc1ccc2c(n1)nc(-c1ccc(F)cc1)n2-c1ccnc(NC2CCCC2)n1. The van der Waals surface area contributed by atoms with Crippen molar-refractivity contribution in [3.8, 4) is 34.4 Å². The molecule has 2 saturated carbocycles. The number of nitrogens with one attached hydrogen (secondary N) is 2. The van der Waals surface area contributed by atoms with Crippen LogP contribution >= 0.6 is 0 Å². The summed E-state index contributed by atoms with van der Waals surface area (Å²) >= 11 is 0. The average Bonchev–Trinajstić information content (AvgIpc) is 4.18. The topological polar surface area (TPSA) is 140 Å². The van der Waals surface area contributed by atoms with Crippen molar-refractivity contribution in [3.63, 3.8) is 0 Å². The van der Waals surface area contributed by atoms with E-state index in [9.17, 15) is 8.78 Å². The molecule has 0 aliphatic heterocycles. The summed E-state index contributed by atoms with van der Waals surface area (Å²) in [5.74, 6) is 3.35. The van der Waals surface area contributed by atoms with Crippen molar-refractivity contribution in [2.45, 2.75) is 83.7 Å². The van der Waals surface area contributed by atoms with Crippen LogP contribution in [0.25, 0.3) is 62.8 Å². The Hall–Kier alpha value is -7.00. The molecule has 13 nitrogen and oxygen atoms in total. The molecule has 0 saturated heterocycles. The van der Waals surface area contributed by atoms with Crippen molar-refractivity contribution in [3.05, 3.63) is 127 Å². The number of aromatic nitrogens is 10. The Bertz CT molecular complexity index is 2880. The number of rotatable bonds is 14. The molecule has 2 N–H and O–H groups in total. The average molecular weight is 874 g/mol. The van der Waals surface area contributed by atoms with Crippen molar-refractivity contribution in [1.29, 1.82) is 0 Å². The molecule has 15 heteroatoms. The number of halogens is 2. The number of nitrogens with zero attached hydrogens (tertiary/aromatic N) is 11. The largest absolute Gasteiger partial charge is 0.351 e. The highest BCUT2D eigenvalue weighted by atomic mass is 19.1. The van der Waals surface area contributed by atoms with Gasteiger partial charge >= 0.3 is 0 Å². The van der Waals surface area contributed by atoms with E-state index < -0.39 is 0 Å². The zero-order chi connectivity index (χ0) is 44.7. The van der Waals surface area contributed by atoms with E-state index in [1.165, 1.54) is 49.9 Å². The summed E-state index contributed by atoms with van der Waals surface area (Å²) in [6.07, 6.45) is 15.5. The molecule has 65 heavy (non-hydrogen) atoms. The maximum atomic E-state index is 13.7. The Balaban J connectivity index is 0.000000166. The fourth-order valence-electron chi connectivity index (χ4n) is 8.68. The first kappa shape index (κ1) is 43.3. The zero-order valence-electron chi connectivity index (χ0n) is 36.8. The van der Waals surface area contributed by atoms with Gasteiger partial charge in [-0.1, -0.05) is 46.1 Å². The van der Waals surface area contributed by atoms with Crippen molar-refractivity contribution >= 4 is 40.3 Å². The predicted octanol–water partition coefficient (Wildman–Crippen LogP) is 10.3. The first-order valence-electron chi connectivity index (χ1n) is 22.7. The lowest BCUT2D eigenvalue weighted by Gasteiger charge is -2.17. The molecule has 0 bridgehead atoms. The van der Waals surface area contributed by atoms with Crippen LogP contribution in [0.2, 0.25) is 0 Å². The Kier molecular flexibility index (Phi) is 13.2. The quantitative estimate of drug-likeness (QED) is 0.108. The number of hydrogen-bond donors (Lipinski definition) is 2. The number of hydrogen-bond acceptors (Lipinski definition) is 11. The molecule has 2 aromatic carbocycles. The Morgan fingerprint density at radius 3 is 1.55 bits per heavy atom. The molecule has 0 atom stereocenters. The van der Waals surface area contributed by atoms with Gasteiger partial charge in [0.25, 0.3) is 0 Å². The monoisotopic (exact) mass is 873 g/mol. The second-order valence-electron chi connectivity index (χ2n) is 16.5. The Morgan fingerprint density at radius 1 is 0.600 bits per heavy atom. The summed E-state index contributed by atoms with van der Waals surface area (Å²) in [4.78, 5) is 39.9. The minimum atomic E-state index is -0.293. The minimum absolute atomic E-state index is 0.279. The van der Waals surface area contributed by atoms with Crippen LogP contribution in [0.15, 0.2) is 104 Å². The fraction of sp³-hybridized carbons (Fsp3) is 0.320. The summed E-state index contributed by atoms with van der Waals surface area (Å²) < 4.78 is 31.1. The van der Waals surface area contributed by atoms with Gasteiger partial charge in [0.1, 0.15) is 34.9 Å². The van der Waals surface area contributed by atoms with Crippen LogP contribution < -0.4 is 10.6 Å². The summed E-state index contributed by atoms with van der Waals surface area (Å²) in [6, 6.07) is 25.2. The highest BCUT2D eigenvalue weighted by Gasteiger charge is 2.22. The number of anilines is 2. The molecule has 2 aliphatic rings. The molecule has 0 amide bonds. The van der Waals surface area contributed by atoms with Gasteiger partial charge in [-0.3, -0.25) is 9.13 Å². The van der Waals surface area contributed by atoms with E-state index >= 15 is 0 Å². The Labute approximate surface area is 377 Å². The third kappa shape index (κ3) is 9.90. The molecule has 0 unspecified atom stereocenters. The first-order valence-corrected chi connectivity index (χ1v) is 22.7. The van der Waals surface area contributed by atoms with E-state index in [0.29, 0.717) is 58.6 Å². The molecule has 6 aromatic heterocycles. The van der Waals surface area contributed by atoms with Gasteiger partial charge in [-0.25, -0.2) is 38.7 Å². The van der Waals surface area contributed by atoms with E-state index in [-0.39, 0.29) is 11.6 Å². The van der Waals surface area contributed by atoms with Gasteiger partial charge in [0, 0.05) is 54.3 Å². The van der Waals surface area contributed by atoms with E-state index in [1.807, 2.05) is 33.4 Å². The highest BCUT2D eigenvalue weighted by molar-refractivity contribution is 5.82. The number of imidazole rings is 2. The first-order chi connectivity index (χ1) is 31.8. The second kappa shape index (κ2) is 19.8. The number of benzene rings is 2. The Morgan fingerprint density at radius 2 is 1.08 bits per heavy atom. The van der Waals surface area contributed by atoms with E-state index in [2.05, 4.69) is 63.0 Å². The third-order valence-electron chi connectivity index (χ3n) is 12.2. The molecule has 2 fully saturated rings. The molecule has 6 heterocycles. The maximum Gasteiger partial charge on any atom is 0.224 e. The zero-order valence-corrected chi connectivity index (χ0v) is 36.8. The van der Waals surface area contributed by atoms with Crippen LogP contribution in [0, 0.1) is 11.6 Å². The minimum Gasteiger partial charge on any atom is -0.351 e. The van der Waals surface area contributed by atoms with Crippen LogP contribution in [0.3, 0.4) is 0 Å². The van der Waals surface area contributed by atoms with Crippen LogP contribution in [0.4, 0.5) is 20.7 Å². The number of pyridine rings is 2. The fourth-order valence-corrected chi connectivity index (χ4v) is 8.68. The predicted molar refractivity (Wildman–Crippen MR) is 253 cm³/mol. The van der Waals surface area contributed by atoms with Gasteiger partial charge in [-0.2, -0.15) is 9.97 Å². The molecule has 10 rings (SSSR count). The van der Waals surface area contributed by atoms with Crippen LogP contribution in [-0.4, -0.2) is 85.6 Å². The van der Waals surface area contributed by atoms with E-state index in [4.69, 9.17) is 24.9 Å². The lowest BCUT2D eigenvalue weighted by atomic mass is 10.2. The normalized spacial score (nSPS) is 14.3. The number of likely N-dealkylation sites (N-methyl/N-ethyl adjacent to an activating group) is 1. The van der Waals surface area contributed by atoms with E-state index in [0.717, 1.165) is 85.3 Å². The van der Waals surface area contributed by atoms with Gasteiger partial charge in [-0.05, 0) is 130 Å². The standard InChI is InChI=1S/C27H32FN7.C23H21FN6/c1-3-34(4-2)18-16-22-13-14-23-25(30-22)33-26(19-9-11-20(28)12-10-19)35(23)24-15-17-29-27(32-24)31-21-7-5-6-8-21;1-2-17-11-12-19-21(26-17)29-22(15-7-9-16(24)10-8-15)30(19)20-13-14-25-23(28-20)27-18-5-3-4-6-18/h9-15,17,21H,3-8,16,18H2,1-2H3,(H,29,31,32);2,7-14,18H,1,3-6H2,(H,25,27,28). The van der Waals surface area contributed by atoms with Crippen LogP contribution in [-0.2, 0) is 6.42 Å². The van der Waals surface area contributed by atoms with Gasteiger partial charge < -0.3 is 15.5 Å². The molecule has 0 radical (unpaired) electrons. The van der Waals surface area contributed by atoms with Crippen molar-refractivity contribution < 1.29 is 8.78 Å². The van der Waals surface area contributed by atoms with E-state index in [1.54, 1.807) is 42.7 Å². The van der Waals surface area contributed by atoms with Gasteiger partial charge in [0.2, 0.25) is 11.9 Å². The molecule has 2 aliphatic carbocycles. The van der Waals surface area contributed by atoms with Crippen molar-refractivity contribution in [2.24, 2.45) is 0 Å². The number of fused-ring (bicyclic) bond motifs is 2. The molecule has 332 valence electrons. The van der Waals surface area contributed by atoms with Gasteiger partial charge in [0.15, 0.2) is 11.3 Å². The van der Waals surface area contributed by atoms with Gasteiger partial charge in [-0.15, -0.1) is 0 Å². The smallest absolute Gasteiger partial charge is 0.224 e.